The topological polar surface area (TPSA) is 81.5 Å². The first-order valence-electron chi connectivity index (χ1n) is 9.23. The van der Waals surface area contributed by atoms with Gasteiger partial charge in [-0.3, -0.25) is 0 Å². The zero-order valence-corrected chi connectivity index (χ0v) is 19.3. The molecule has 0 aliphatic heterocycles. The average molecular weight is 490 g/mol. The van der Waals surface area contributed by atoms with Gasteiger partial charge in [0.1, 0.15) is 5.69 Å². The molecule has 164 valence electrons. The molecule has 0 saturated heterocycles. The molecule has 1 N–H and O–H groups in total. The molecule has 0 aliphatic rings. The Hall–Kier alpha value is -3.20. The van der Waals surface area contributed by atoms with Crippen LogP contribution in [0.2, 0.25) is 10.0 Å². The van der Waals surface area contributed by atoms with Crippen LogP contribution >= 0.6 is 34.5 Å². The van der Waals surface area contributed by atoms with Gasteiger partial charge >= 0.3 is 0 Å². The van der Waals surface area contributed by atoms with Crippen LogP contribution in [-0.2, 0) is 0 Å². The number of ether oxygens (including phenoxy) is 2. The number of benzene rings is 2. The Morgan fingerprint density at radius 1 is 1.09 bits per heavy atom. The quantitative estimate of drug-likeness (QED) is 0.339. The molecule has 7 nitrogen and oxygen atoms in total. The number of aromatic nitrogens is 1. The van der Waals surface area contributed by atoms with Crippen LogP contribution in [0.1, 0.15) is 5.56 Å². The number of aromatic hydroxyl groups is 1. The van der Waals surface area contributed by atoms with E-state index in [4.69, 9.17) is 37.1 Å². The molecular weight excluding hydrogens is 473 g/mol. The minimum absolute atomic E-state index is 0.0836. The van der Waals surface area contributed by atoms with Gasteiger partial charge in [-0.15, -0.1) is 11.3 Å². The van der Waals surface area contributed by atoms with Gasteiger partial charge in [0.05, 0.1) is 37.4 Å². The lowest BCUT2D eigenvalue weighted by molar-refractivity contribution is 0.340. The predicted octanol–water partition coefficient (Wildman–Crippen LogP) is 5.95. The maximum Gasteiger partial charge on any atom is 0.211 e. The summed E-state index contributed by atoms with van der Waals surface area (Å²) in [4.78, 5) is 5.22. The summed E-state index contributed by atoms with van der Waals surface area (Å²) in [7, 11) is 2.93. The third-order valence-corrected chi connectivity index (χ3v) is 5.76. The number of phenolic OH excluding ortho intramolecular Hbond substituents is 1. The lowest BCUT2D eigenvalue weighted by atomic mass is 10.2. The number of halogens is 2. The first kappa shape index (κ1) is 22.0. The van der Waals surface area contributed by atoms with E-state index in [1.807, 2.05) is 11.4 Å². The Kier molecular flexibility index (Phi) is 6.55. The third-order valence-electron chi connectivity index (χ3n) is 4.41. The molecule has 2 aromatic carbocycles. The zero-order chi connectivity index (χ0) is 22.7. The fraction of sp³-hybridized carbons (Fsp3) is 0.0909. The lowest BCUT2D eigenvalue weighted by Crippen LogP contribution is -2.11. The monoisotopic (exact) mass is 489 g/mol. The van der Waals surface area contributed by atoms with Crippen molar-refractivity contribution < 1.29 is 19.0 Å². The third kappa shape index (κ3) is 4.52. The van der Waals surface area contributed by atoms with Gasteiger partial charge < -0.3 is 19.0 Å². The molecule has 2 aromatic heterocycles. The van der Waals surface area contributed by atoms with E-state index >= 15 is 0 Å². The highest BCUT2D eigenvalue weighted by atomic mass is 35.5. The molecule has 32 heavy (non-hydrogen) atoms. The van der Waals surface area contributed by atoms with E-state index < -0.39 is 0 Å². The molecule has 0 fully saturated rings. The largest absolute Gasteiger partial charge is 0.502 e. The van der Waals surface area contributed by atoms with Gasteiger partial charge in [-0.1, -0.05) is 23.2 Å². The molecule has 0 atom stereocenters. The van der Waals surface area contributed by atoms with Crippen molar-refractivity contribution in [1.82, 2.24) is 4.68 Å². The number of hydrogen-bond donors (Lipinski definition) is 1. The van der Waals surface area contributed by atoms with Crippen LogP contribution in [0, 0.1) is 0 Å². The Balaban J connectivity index is 1.84. The normalized spacial score (nSPS) is 11.9. The molecule has 4 aromatic rings. The Morgan fingerprint density at radius 3 is 2.47 bits per heavy atom. The molecule has 0 radical (unpaired) electrons. The summed E-state index contributed by atoms with van der Waals surface area (Å²) in [6.07, 6.45) is 3.19. The number of thiazole rings is 1. The summed E-state index contributed by atoms with van der Waals surface area (Å²) in [5, 5.41) is 17.6. The maximum absolute atomic E-state index is 10.1. The lowest BCUT2D eigenvalue weighted by Gasteiger charge is -2.09. The van der Waals surface area contributed by atoms with Gasteiger partial charge in [0.25, 0.3) is 0 Å². The molecule has 0 bridgehead atoms. The minimum Gasteiger partial charge on any atom is -0.502 e. The van der Waals surface area contributed by atoms with Gasteiger partial charge in [0.2, 0.25) is 10.6 Å². The molecule has 0 saturated carbocycles. The predicted molar refractivity (Wildman–Crippen MR) is 126 cm³/mol. The van der Waals surface area contributed by atoms with E-state index in [1.54, 1.807) is 53.6 Å². The van der Waals surface area contributed by atoms with Crippen LogP contribution < -0.4 is 14.3 Å². The van der Waals surface area contributed by atoms with Gasteiger partial charge in [0, 0.05) is 16.0 Å². The van der Waals surface area contributed by atoms with E-state index in [1.165, 1.54) is 25.6 Å². The highest BCUT2D eigenvalue weighted by Gasteiger charge is 2.13. The number of hydrogen-bond acceptors (Lipinski definition) is 7. The summed E-state index contributed by atoms with van der Waals surface area (Å²) in [6, 6.07) is 12.0. The van der Waals surface area contributed by atoms with Gasteiger partial charge in [-0.25, -0.2) is 9.67 Å². The van der Waals surface area contributed by atoms with Crippen molar-refractivity contribution in [3.05, 3.63) is 74.5 Å². The fourth-order valence-corrected chi connectivity index (χ4v) is 4.15. The van der Waals surface area contributed by atoms with Gasteiger partial charge in [-0.2, -0.15) is 5.10 Å². The maximum atomic E-state index is 10.1. The fourth-order valence-electron chi connectivity index (χ4n) is 2.87. The Bertz CT molecular complexity index is 1320. The van der Waals surface area contributed by atoms with Gasteiger partial charge in [-0.05, 0) is 42.5 Å². The van der Waals surface area contributed by atoms with Crippen LogP contribution in [0.5, 0.6) is 17.2 Å². The summed E-state index contributed by atoms with van der Waals surface area (Å²) in [6.45, 7) is 0. The van der Waals surface area contributed by atoms with E-state index in [0.717, 1.165) is 0 Å². The molecular formula is C22H17Cl2N3O4S. The molecule has 4 rings (SSSR count). The van der Waals surface area contributed by atoms with Crippen molar-refractivity contribution in [2.45, 2.75) is 0 Å². The standard InChI is InChI=1S/C22H17Cl2N3O4S/c1-29-19-8-13(9-20(30-2)21(19)28)11-25-27-17(18-4-3-7-31-18)12-32-22(27)26-16-6-5-14(23)10-15(16)24/h3-12,28H,1-2H3. The molecule has 10 heteroatoms. The molecule has 0 spiro atoms. The SMILES string of the molecule is COc1cc(C=Nn2c(-c3ccco3)csc2=Nc2ccc(Cl)cc2Cl)cc(OC)c1O. The molecule has 2 heterocycles. The van der Waals surface area contributed by atoms with Crippen molar-refractivity contribution in [3.63, 3.8) is 0 Å². The minimum atomic E-state index is -0.0836. The van der Waals surface area contributed by atoms with E-state index in [2.05, 4.69) is 10.1 Å². The Labute approximate surface area is 197 Å². The number of nitrogens with zero attached hydrogens (tertiary/aromatic N) is 3. The van der Waals surface area contributed by atoms with Crippen molar-refractivity contribution in [2.75, 3.05) is 14.2 Å². The number of methoxy groups -OCH3 is 2. The second kappa shape index (κ2) is 9.52. The van der Waals surface area contributed by atoms with E-state index in [-0.39, 0.29) is 17.2 Å². The molecule has 0 aliphatic carbocycles. The zero-order valence-electron chi connectivity index (χ0n) is 17.0. The number of phenols is 1. The van der Waals surface area contributed by atoms with Crippen molar-refractivity contribution in [1.29, 1.82) is 0 Å². The highest BCUT2D eigenvalue weighted by molar-refractivity contribution is 7.07. The number of furan rings is 1. The number of rotatable bonds is 6. The van der Waals surface area contributed by atoms with Crippen LogP contribution in [0.4, 0.5) is 5.69 Å². The summed E-state index contributed by atoms with van der Waals surface area (Å²) in [5.74, 6) is 1.08. The first-order valence-corrected chi connectivity index (χ1v) is 10.9. The van der Waals surface area contributed by atoms with Crippen LogP contribution in [0.25, 0.3) is 11.5 Å². The molecule has 0 amide bonds. The van der Waals surface area contributed by atoms with E-state index in [0.29, 0.717) is 37.6 Å². The van der Waals surface area contributed by atoms with Crippen molar-refractivity contribution in [2.24, 2.45) is 10.1 Å². The molecule has 0 unspecified atom stereocenters. The second-order valence-corrected chi connectivity index (χ2v) is 8.10. The van der Waals surface area contributed by atoms with Crippen molar-refractivity contribution >= 4 is 46.4 Å². The van der Waals surface area contributed by atoms with E-state index in [9.17, 15) is 5.11 Å². The second-order valence-electron chi connectivity index (χ2n) is 6.42. The van der Waals surface area contributed by atoms with Gasteiger partial charge in [0.15, 0.2) is 17.3 Å². The summed E-state index contributed by atoms with van der Waals surface area (Å²) in [5.41, 5.74) is 1.91. The summed E-state index contributed by atoms with van der Waals surface area (Å²) >= 11 is 13.7. The van der Waals surface area contributed by atoms with Crippen LogP contribution in [0.15, 0.2) is 68.6 Å². The van der Waals surface area contributed by atoms with Crippen LogP contribution in [-0.4, -0.2) is 30.2 Å². The first-order chi connectivity index (χ1) is 15.5. The smallest absolute Gasteiger partial charge is 0.211 e. The highest BCUT2D eigenvalue weighted by Crippen LogP contribution is 2.36. The average Bonchev–Trinajstić information content (AvgIpc) is 3.44. The van der Waals surface area contributed by atoms with Crippen LogP contribution in [0.3, 0.4) is 0 Å². The Morgan fingerprint density at radius 2 is 1.84 bits per heavy atom. The summed E-state index contributed by atoms with van der Waals surface area (Å²) < 4.78 is 17.6. The van der Waals surface area contributed by atoms with Crippen molar-refractivity contribution in [3.8, 4) is 28.7 Å².